The highest BCUT2D eigenvalue weighted by atomic mass is 32.2. The summed E-state index contributed by atoms with van der Waals surface area (Å²) in [5.74, 6) is -0.00811. The number of aliphatic hydroxyl groups excluding tert-OH is 2. The number of aliphatic imine (C=N–C) groups is 1. The Balaban J connectivity index is 1.26. The summed E-state index contributed by atoms with van der Waals surface area (Å²) >= 11 is 0. The number of amides is 1. The highest BCUT2D eigenvalue weighted by molar-refractivity contribution is 7.92. The second-order valence-corrected chi connectivity index (χ2v) is 12.0. The van der Waals surface area contributed by atoms with Gasteiger partial charge in [-0.3, -0.25) is 9.79 Å². The van der Waals surface area contributed by atoms with Gasteiger partial charge in [0.2, 0.25) is 10.0 Å². The maximum atomic E-state index is 13.4. The summed E-state index contributed by atoms with van der Waals surface area (Å²) < 4.78 is 68.7. The first-order valence-corrected chi connectivity index (χ1v) is 14.3. The van der Waals surface area contributed by atoms with Crippen LogP contribution in [0.25, 0.3) is 6.08 Å². The molecular formula is C27H29F2N3O8S. The molecule has 1 fully saturated rings. The maximum Gasteiger partial charge on any atom is 0.586 e. The van der Waals surface area contributed by atoms with Crippen LogP contribution in [-0.2, 0) is 14.8 Å². The number of sulfonamides is 1. The number of hydrogen-bond acceptors (Lipinski definition) is 9. The number of fused-ring (bicyclic) bond motifs is 1. The standard InChI is InChI=1S/C27H29F2N3O8S/c1-16-11-20(38-15-19(34)14-33)12-17(2)21(16)5-10-41(36,37)32-8-6-26(7-9-32)25(35)30-24(31-26)18-3-4-22-23(13-18)40-27(28,29)39-22/h3-5,10-13,19,33-34H,6-9,14-15H2,1-2H3,(H,30,31,35). The number of carbonyl (C=O) groups is 1. The number of piperidine rings is 1. The molecule has 3 aliphatic heterocycles. The number of amidine groups is 1. The van der Waals surface area contributed by atoms with Gasteiger partial charge in [0.05, 0.1) is 6.61 Å². The Morgan fingerprint density at radius 1 is 1.15 bits per heavy atom. The summed E-state index contributed by atoms with van der Waals surface area (Å²) in [6.07, 6.45) is -2.98. The van der Waals surface area contributed by atoms with Crippen LogP contribution in [0.3, 0.4) is 0 Å². The Bertz CT molecular complexity index is 1510. The van der Waals surface area contributed by atoms with E-state index in [1.165, 1.54) is 28.6 Å². The summed E-state index contributed by atoms with van der Waals surface area (Å²) in [4.78, 5) is 17.5. The molecule has 1 spiro atoms. The SMILES string of the molecule is Cc1cc(OCC(O)CO)cc(C)c1C=CS(=O)(=O)N1CCC2(CC1)N=C(c1ccc3c(c1)OC(F)(F)O3)NC2=O. The van der Waals surface area contributed by atoms with E-state index in [1.807, 2.05) is 0 Å². The van der Waals surface area contributed by atoms with E-state index in [0.29, 0.717) is 16.9 Å². The zero-order valence-corrected chi connectivity index (χ0v) is 23.1. The summed E-state index contributed by atoms with van der Waals surface area (Å²) in [6.45, 7) is 3.23. The van der Waals surface area contributed by atoms with E-state index in [-0.39, 0.29) is 55.8 Å². The molecule has 2 aromatic rings. The molecule has 1 amide bonds. The fraction of sp³-hybridized carbons (Fsp3) is 0.407. The molecule has 1 unspecified atom stereocenters. The lowest BCUT2D eigenvalue weighted by atomic mass is 9.89. The normalized spacial score (nSPS) is 20.3. The van der Waals surface area contributed by atoms with Crippen molar-refractivity contribution in [1.29, 1.82) is 0 Å². The number of ether oxygens (including phenoxy) is 3. The van der Waals surface area contributed by atoms with Crippen molar-refractivity contribution in [3.05, 3.63) is 58.0 Å². The monoisotopic (exact) mass is 593 g/mol. The molecule has 0 radical (unpaired) electrons. The molecule has 41 heavy (non-hydrogen) atoms. The number of rotatable bonds is 8. The molecule has 0 bridgehead atoms. The Kier molecular flexibility index (Phi) is 7.53. The largest absolute Gasteiger partial charge is 0.586 e. The van der Waals surface area contributed by atoms with Gasteiger partial charge in [-0.05, 0) is 79.8 Å². The number of nitrogens with zero attached hydrogens (tertiary/aromatic N) is 2. The van der Waals surface area contributed by atoms with Gasteiger partial charge in [-0.2, -0.15) is 4.31 Å². The summed E-state index contributed by atoms with van der Waals surface area (Å²) in [7, 11) is -3.82. The highest BCUT2D eigenvalue weighted by Crippen LogP contribution is 2.42. The van der Waals surface area contributed by atoms with E-state index < -0.39 is 34.6 Å². The van der Waals surface area contributed by atoms with E-state index in [2.05, 4.69) is 19.8 Å². The molecule has 2 aromatic carbocycles. The van der Waals surface area contributed by atoms with Crippen molar-refractivity contribution in [2.45, 2.75) is 44.6 Å². The van der Waals surface area contributed by atoms with Crippen LogP contribution in [0.15, 0.2) is 40.7 Å². The predicted octanol–water partition coefficient (Wildman–Crippen LogP) is 2.07. The van der Waals surface area contributed by atoms with Crippen LogP contribution in [0.4, 0.5) is 8.78 Å². The summed E-state index contributed by atoms with van der Waals surface area (Å²) in [6, 6.07) is 7.52. The van der Waals surface area contributed by atoms with Crippen molar-refractivity contribution in [3.63, 3.8) is 0 Å². The molecule has 1 saturated heterocycles. The lowest BCUT2D eigenvalue weighted by Crippen LogP contribution is -2.50. The highest BCUT2D eigenvalue weighted by Gasteiger charge is 2.48. The minimum Gasteiger partial charge on any atom is -0.491 e. The summed E-state index contributed by atoms with van der Waals surface area (Å²) in [5, 5.41) is 22.2. The van der Waals surface area contributed by atoms with E-state index in [1.54, 1.807) is 26.0 Å². The van der Waals surface area contributed by atoms with Crippen LogP contribution in [0, 0.1) is 13.8 Å². The first kappa shape index (κ1) is 28.9. The number of benzene rings is 2. The van der Waals surface area contributed by atoms with Gasteiger partial charge >= 0.3 is 6.29 Å². The van der Waals surface area contributed by atoms with Crippen LogP contribution in [0.5, 0.6) is 17.2 Å². The van der Waals surface area contributed by atoms with Gasteiger partial charge in [0.1, 0.15) is 29.8 Å². The molecule has 0 aromatic heterocycles. The Hall–Kier alpha value is -3.59. The van der Waals surface area contributed by atoms with E-state index in [4.69, 9.17) is 9.84 Å². The lowest BCUT2D eigenvalue weighted by molar-refractivity contribution is -0.286. The van der Waals surface area contributed by atoms with Crippen LogP contribution in [0.1, 0.15) is 35.1 Å². The Morgan fingerprint density at radius 3 is 2.46 bits per heavy atom. The third kappa shape index (κ3) is 5.91. The molecule has 14 heteroatoms. The fourth-order valence-electron chi connectivity index (χ4n) is 4.97. The summed E-state index contributed by atoms with van der Waals surface area (Å²) in [5.41, 5.74) is 1.42. The number of aryl methyl sites for hydroxylation is 2. The first-order chi connectivity index (χ1) is 19.3. The third-order valence-electron chi connectivity index (χ3n) is 7.19. The van der Waals surface area contributed by atoms with Crippen molar-refractivity contribution in [2.75, 3.05) is 26.3 Å². The van der Waals surface area contributed by atoms with Gasteiger partial charge < -0.3 is 29.7 Å². The number of alkyl halides is 2. The van der Waals surface area contributed by atoms with Crippen molar-refractivity contribution in [3.8, 4) is 17.2 Å². The van der Waals surface area contributed by atoms with Crippen LogP contribution < -0.4 is 19.5 Å². The van der Waals surface area contributed by atoms with E-state index >= 15 is 0 Å². The number of halogens is 2. The average molecular weight is 594 g/mol. The van der Waals surface area contributed by atoms with Crippen LogP contribution in [-0.4, -0.2) is 78.9 Å². The van der Waals surface area contributed by atoms with E-state index in [9.17, 15) is 27.1 Å². The molecule has 3 N–H and O–H groups in total. The number of aliphatic hydroxyl groups is 2. The molecule has 11 nitrogen and oxygen atoms in total. The Labute approximate surface area is 235 Å². The van der Waals surface area contributed by atoms with E-state index in [0.717, 1.165) is 16.5 Å². The van der Waals surface area contributed by atoms with Crippen LogP contribution >= 0.6 is 0 Å². The van der Waals surface area contributed by atoms with Crippen molar-refractivity contribution >= 4 is 27.8 Å². The second-order valence-electron chi connectivity index (χ2n) is 10.1. The molecule has 5 rings (SSSR count). The lowest BCUT2D eigenvalue weighted by Gasteiger charge is -2.34. The Morgan fingerprint density at radius 2 is 1.80 bits per heavy atom. The maximum absolute atomic E-state index is 13.4. The fourth-order valence-corrected chi connectivity index (χ4v) is 6.14. The third-order valence-corrected chi connectivity index (χ3v) is 8.76. The zero-order chi connectivity index (χ0) is 29.6. The quantitative estimate of drug-likeness (QED) is 0.422. The van der Waals surface area contributed by atoms with Gasteiger partial charge in [-0.15, -0.1) is 8.78 Å². The molecule has 0 aliphatic carbocycles. The minimum absolute atomic E-state index is 0.0577. The van der Waals surface area contributed by atoms with Gasteiger partial charge in [0.15, 0.2) is 11.5 Å². The molecule has 0 saturated carbocycles. The van der Waals surface area contributed by atoms with Gasteiger partial charge in [0, 0.05) is 24.1 Å². The van der Waals surface area contributed by atoms with Crippen molar-refractivity contribution in [1.82, 2.24) is 9.62 Å². The van der Waals surface area contributed by atoms with Gasteiger partial charge in [-0.25, -0.2) is 8.42 Å². The first-order valence-electron chi connectivity index (χ1n) is 12.8. The molecule has 220 valence electrons. The zero-order valence-electron chi connectivity index (χ0n) is 22.3. The topological polar surface area (TPSA) is 147 Å². The minimum atomic E-state index is -3.82. The van der Waals surface area contributed by atoms with Gasteiger partial charge in [-0.1, -0.05) is 0 Å². The second kappa shape index (κ2) is 10.7. The molecule has 1 atom stereocenters. The molecular weight excluding hydrogens is 564 g/mol. The number of nitrogens with one attached hydrogen (secondary N) is 1. The van der Waals surface area contributed by atoms with Gasteiger partial charge in [0.25, 0.3) is 5.91 Å². The van der Waals surface area contributed by atoms with Crippen molar-refractivity contribution in [2.24, 2.45) is 4.99 Å². The predicted molar refractivity (Wildman–Crippen MR) is 143 cm³/mol. The number of hydrogen-bond donors (Lipinski definition) is 3. The molecule has 3 heterocycles. The number of carbonyl (C=O) groups excluding carboxylic acids is 1. The van der Waals surface area contributed by atoms with Crippen LogP contribution in [0.2, 0.25) is 0 Å². The smallest absolute Gasteiger partial charge is 0.491 e. The molecule has 3 aliphatic rings. The van der Waals surface area contributed by atoms with Crippen molar-refractivity contribution < 1.29 is 46.4 Å². The average Bonchev–Trinajstić information content (AvgIpc) is 3.40.